The van der Waals surface area contributed by atoms with Crippen molar-refractivity contribution in [1.29, 1.82) is 0 Å². The van der Waals surface area contributed by atoms with Gasteiger partial charge in [0.1, 0.15) is 0 Å². The molecule has 5 nitrogen and oxygen atoms in total. The van der Waals surface area contributed by atoms with Gasteiger partial charge >= 0.3 is 0 Å². The van der Waals surface area contributed by atoms with E-state index in [-0.39, 0.29) is 0 Å². The molecule has 6 heteroatoms. The molecule has 3 aromatic rings. The fraction of sp³-hybridized carbons (Fsp3) is 0.385. The first-order valence-electron chi connectivity index (χ1n) is 6.48. The summed E-state index contributed by atoms with van der Waals surface area (Å²) in [4.78, 5) is 5.59. The van der Waals surface area contributed by atoms with Crippen molar-refractivity contribution in [2.24, 2.45) is 0 Å². The molecule has 0 aliphatic carbocycles. The van der Waals surface area contributed by atoms with Crippen molar-refractivity contribution >= 4 is 16.3 Å². The van der Waals surface area contributed by atoms with E-state index in [1.54, 1.807) is 11.3 Å². The molecular formula is C13H17N5S. The lowest BCUT2D eigenvalue weighted by Gasteiger charge is -1.99. The van der Waals surface area contributed by atoms with Crippen molar-refractivity contribution in [3.63, 3.8) is 0 Å². The van der Waals surface area contributed by atoms with Crippen molar-refractivity contribution in [1.82, 2.24) is 24.5 Å². The van der Waals surface area contributed by atoms with Crippen molar-refractivity contribution in [2.45, 2.75) is 26.4 Å². The summed E-state index contributed by atoms with van der Waals surface area (Å²) in [6.45, 7) is 4.82. The molecule has 0 unspecified atom stereocenters. The van der Waals surface area contributed by atoms with Gasteiger partial charge in [0, 0.05) is 36.1 Å². The van der Waals surface area contributed by atoms with E-state index in [2.05, 4.69) is 34.7 Å². The van der Waals surface area contributed by atoms with Gasteiger partial charge in [0.2, 0.25) is 0 Å². The van der Waals surface area contributed by atoms with Crippen molar-refractivity contribution < 1.29 is 0 Å². The van der Waals surface area contributed by atoms with Gasteiger partial charge in [0.05, 0.1) is 18.4 Å². The fourth-order valence-electron chi connectivity index (χ4n) is 2.01. The van der Waals surface area contributed by atoms with Crippen LogP contribution in [0.2, 0.25) is 0 Å². The smallest absolute Gasteiger partial charge is 0.193 e. The molecule has 0 saturated carbocycles. The number of nitrogens with zero attached hydrogens (tertiary/aromatic N) is 4. The molecule has 0 saturated heterocycles. The summed E-state index contributed by atoms with van der Waals surface area (Å²) in [5.74, 6) is 0. The number of hydrogen-bond acceptors (Lipinski definition) is 4. The number of aromatic nitrogens is 4. The van der Waals surface area contributed by atoms with Crippen LogP contribution in [0.25, 0.3) is 4.96 Å². The molecule has 100 valence electrons. The number of hydrogen-bond donors (Lipinski definition) is 1. The zero-order chi connectivity index (χ0) is 13.1. The van der Waals surface area contributed by atoms with Crippen molar-refractivity contribution in [2.75, 3.05) is 6.54 Å². The molecule has 0 fully saturated rings. The average Bonchev–Trinajstić information content (AvgIpc) is 3.06. The molecule has 3 heterocycles. The summed E-state index contributed by atoms with van der Waals surface area (Å²) >= 11 is 1.65. The van der Waals surface area contributed by atoms with Crippen LogP contribution in [0.1, 0.15) is 24.6 Å². The zero-order valence-corrected chi connectivity index (χ0v) is 11.7. The molecule has 3 rings (SSSR count). The third-order valence-electron chi connectivity index (χ3n) is 2.91. The van der Waals surface area contributed by atoms with E-state index < -0.39 is 0 Å². The molecule has 0 aromatic carbocycles. The van der Waals surface area contributed by atoms with Gasteiger partial charge < -0.3 is 5.32 Å². The molecule has 0 aliphatic rings. The number of fused-ring (bicyclic) bond motifs is 1. The van der Waals surface area contributed by atoms with Crippen LogP contribution in [-0.4, -0.2) is 25.7 Å². The Morgan fingerprint density at radius 2 is 2.32 bits per heavy atom. The lowest BCUT2D eigenvalue weighted by Crippen LogP contribution is -2.13. The highest BCUT2D eigenvalue weighted by Gasteiger charge is 2.04. The number of rotatable bonds is 6. The standard InChI is InChI=1S/C13H17N5S/c1-2-3-14-6-11-7-15-18(8-11)10-12-9-17-4-5-19-13(17)16-12/h4-5,7-9,14H,2-3,6,10H2,1H3. The summed E-state index contributed by atoms with van der Waals surface area (Å²) < 4.78 is 3.99. The topological polar surface area (TPSA) is 47.2 Å². The predicted octanol–water partition coefficient (Wildman–Crippen LogP) is 2.14. The maximum absolute atomic E-state index is 4.56. The molecule has 1 N–H and O–H groups in total. The molecule has 0 atom stereocenters. The third-order valence-corrected chi connectivity index (χ3v) is 3.68. The summed E-state index contributed by atoms with van der Waals surface area (Å²) in [5.41, 5.74) is 2.26. The summed E-state index contributed by atoms with van der Waals surface area (Å²) in [6, 6.07) is 0. The molecular weight excluding hydrogens is 258 g/mol. The van der Waals surface area contributed by atoms with Gasteiger partial charge in [-0.1, -0.05) is 6.92 Å². The minimum Gasteiger partial charge on any atom is -0.313 e. The van der Waals surface area contributed by atoms with Gasteiger partial charge in [-0.05, 0) is 13.0 Å². The van der Waals surface area contributed by atoms with Crippen LogP contribution >= 0.6 is 11.3 Å². The van der Waals surface area contributed by atoms with Gasteiger partial charge in [0.15, 0.2) is 4.96 Å². The van der Waals surface area contributed by atoms with Crippen LogP contribution in [0.15, 0.2) is 30.2 Å². The SMILES string of the molecule is CCCNCc1cnn(Cc2cn3ccsc3n2)c1. The maximum atomic E-state index is 4.56. The Morgan fingerprint density at radius 3 is 3.16 bits per heavy atom. The Kier molecular flexibility index (Phi) is 3.61. The van der Waals surface area contributed by atoms with E-state index in [1.165, 1.54) is 5.56 Å². The largest absolute Gasteiger partial charge is 0.313 e. The van der Waals surface area contributed by atoms with Gasteiger partial charge in [-0.25, -0.2) is 4.98 Å². The van der Waals surface area contributed by atoms with E-state index in [9.17, 15) is 0 Å². The van der Waals surface area contributed by atoms with Crippen LogP contribution < -0.4 is 5.32 Å². The zero-order valence-electron chi connectivity index (χ0n) is 10.9. The highest BCUT2D eigenvalue weighted by Crippen LogP contribution is 2.12. The molecule has 0 amide bonds. The highest BCUT2D eigenvalue weighted by atomic mass is 32.1. The van der Waals surface area contributed by atoms with Crippen molar-refractivity contribution in [3.05, 3.63) is 41.4 Å². The van der Waals surface area contributed by atoms with E-state index in [1.807, 2.05) is 26.9 Å². The van der Waals surface area contributed by atoms with Gasteiger partial charge in [-0.2, -0.15) is 5.10 Å². The number of imidazole rings is 1. The summed E-state index contributed by atoms with van der Waals surface area (Å²) in [7, 11) is 0. The van der Waals surface area contributed by atoms with E-state index in [4.69, 9.17) is 0 Å². The molecule has 19 heavy (non-hydrogen) atoms. The highest BCUT2D eigenvalue weighted by molar-refractivity contribution is 7.15. The second kappa shape index (κ2) is 5.54. The Morgan fingerprint density at radius 1 is 1.37 bits per heavy atom. The Bertz CT molecular complexity index is 622. The van der Waals surface area contributed by atoms with Crippen LogP contribution in [0.3, 0.4) is 0 Å². The predicted molar refractivity (Wildman–Crippen MR) is 76.4 cm³/mol. The molecule has 0 radical (unpaired) electrons. The summed E-state index contributed by atoms with van der Waals surface area (Å²) in [6.07, 6.45) is 9.24. The Labute approximate surface area is 115 Å². The van der Waals surface area contributed by atoms with Crippen molar-refractivity contribution in [3.8, 4) is 0 Å². The lowest BCUT2D eigenvalue weighted by molar-refractivity contribution is 0.664. The first kappa shape index (κ1) is 12.4. The van der Waals surface area contributed by atoms with Crippen LogP contribution in [-0.2, 0) is 13.1 Å². The fourth-order valence-corrected chi connectivity index (χ4v) is 2.73. The first-order valence-corrected chi connectivity index (χ1v) is 7.36. The molecule has 0 bridgehead atoms. The molecule has 3 aromatic heterocycles. The molecule has 0 aliphatic heterocycles. The lowest BCUT2D eigenvalue weighted by atomic mass is 10.3. The monoisotopic (exact) mass is 275 g/mol. The second-order valence-corrected chi connectivity index (χ2v) is 5.42. The van der Waals surface area contributed by atoms with Gasteiger partial charge in [-0.3, -0.25) is 9.08 Å². The van der Waals surface area contributed by atoms with E-state index in [0.29, 0.717) is 0 Å². The van der Waals surface area contributed by atoms with E-state index >= 15 is 0 Å². The Hall–Kier alpha value is -1.66. The van der Waals surface area contributed by atoms with Gasteiger partial charge in [-0.15, -0.1) is 11.3 Å². The van der Waals surface area contributed by atoms with Crippen LogP contribution in [0.5, 0.6) is 0 Å². The minimum absolute atomic E-state index is 0.724. The first-order chi connectivity index (χ1) is 9.35. The minimum atomic E-state index is 0.724. The van der Waals surface area contributed by atoms with Gasteiger partial charge in [0.25, 0.3) is 0 Å². The number of nitrogens with one attached hydrogen (secondary N) is 1. The van der Waals surface area contributed by atoms with Crippen LogP contribution in [0, 0.1) is 0 Å². The third kappa shape index (κ3) is 2.85. The number of thiazole rings is 1. The summed E-state index contributed by atoms with van der Waals surface area (Å²) in [5, 5.41) is 9.79. The maximum Gasteiger partial charge on any atom is 0.193 e. The average molecular weight is 275 g/mol. The quantitative estimate of drug-likeness (QED) is 0.701. The second-order valence-electron chi connectivity index (χ2n) is 4.55. The van der Waals surface area contributed by atoms with Crippen LogP contribution in [0.4, 0.5) is 0 Å². The van der Waals surface area contributed by atoms with E-state index in [0.717, 1.165) is 36.7 Å². The normalized spacial score (nSPS) is 11.4. The Balaban J connectivity index is 1.64. The molecule has 0 spiro atoms.